The molecule has 0 saturated carbocycles. The van der Waals surface area contributed by atoms with Crippen LogP contribution >= 0.6 is 0 Å². The summed E-state index contributed by atoms with van der Waals surface area (Å²) in [5.41, 5.74) is 0. The minimum atomic E-state index is -0.854. The van der Waals surface area contributed by atoms with Crippen LogP contribution in [0.15, 0.2) is 24.3 Å². The van der Waals surface area contributed by atoms with Crippen LogP contribution in [-0.4, -0.2) is 47.4 Å². The van der Waals surface area contributed by atoms with Crippen LogP contribution in [0.5, 0.6) is 0 Å². The molecule has 6 nitrogen and oxygen atoms in total. The van der Waals surface area contributed by atoms with Crippen molar-refractivity contribution in [2.45, 2.75) is 321 Å². The summed E-state index contributed by atoms with van der Waals surface area (Å²) in [4.78, 5) is 24.5. The Hall–Kier alpha value is -1.66. The Kier molecular flexibility index (Phi) is 52.6. The number of rotatable bonds is 53. The van der Waals surface area contributed by atoms with E-state index in [9.17, 15) is 19.8 Å². The highest BCUT2D eigenvalue weighted by Gasteiger charge is 2.18. The van der Waals surface area contributed by atoms with E-state index < -0.39 is 12.1 Å². The molecular weight excluding hydrogens is 791 g/mol. The number of aliphatic hydroxyl groups is 2. The molecule has 1 amide bonds. The van der Waals surface area contributed by atoms with Gasteiger partial charge in [-0.15, -0.1) is 0 Å². The molecule has 2 unspecified atom stereocenters. The maximum Gasteiger partial charge on any atom is 0.305 e. The topological polar surface area (TPSA) is 95.9 Å². The van der Waals surface area contributed by atoms with Gasteiger partial charge in [0, 0.05) is 12.8 Å². The van der Waals surface area contributed by atoms with Crippen molar-refractivity contribution in [1.29, 1.82) is 0 Å². The van der Waals surface area contributed by atoms with E-state index in [0.717, 1.165) is 57.8 Å². The fourth-order valence-corrected chi connectivity index (χ4v) is 8.81. The summed E-state index contributed by atoms with van der Waals surface area (Å²) in [5, 5.41) is 23.2. The third kappa shape index (κ3) is 49.8. The number of hydrogen-bond donors (Lipinski definition) is 3. The van der Waals surface area contributed by atoms with Gasteiger partial charge in [-0.2, -0.15) is 0 Å². The number of allylic oxidation sites excluding steroid dienone is 3. The normalized spacial score (nSPS) is 12.8. The van der Waals surface area contributed by atoms with E-state index in [-0.39, 0.29) is 18.5 Å². The minimum absolute atomic E-state index is 0.0150. The molecule has 0 aromatic rings. The first-order valence-corrected chi connectivity index (χ1v) is 28.6. The summed E-state index contributed by atoms with van der Waals surface area (Å²) in [6, 6.07) is -0.638. The molecule has 0 radical (unpaired) electrons. The van der Waals surface area contributed by atoms with Crippen molar-refractivity contribution in [3.05, 3.63) is 24.3 Å². The van der Waals surface area contributed by atoms with Gasteiger partial charge >= 0.3 is 5.97 Å². The van der Waals surface area contributed by atoms with E-state index in [1.54, 1.807) is 6.08 Å². The molecule has 0 fully saturated rings. The summed E-state index contributed by atoms with van der Waals surface area (Å²) in [5.74, 6) is -0.0938. The number of carbonyl (C=O) groups is 2. The third-order valence-electron chi connectivity index (χ3n) is 13.2. The van der Waals surface area contributed by atoms with Crippen LogP contribution in [0.3, 0.4) is 0 Å². The Balaban J connectivity index is 3.49. The zero-order valence-electron chi connectivity index (χ0n) is 43.0. The molecule has 3 N–H and O–H groups in total. The van der Waals surface area contributed by atoms with Crippen LogP contribution in [0, 0.1) is 0 Å². The number of esters is 1. The minimum Gasteiger partial charge on any atom is -0.466 e. The highest BCUT2D eigenvalue weighted by atomic mass is 16.5. The highest BCUT2D eigenvalue weighted by molar-refractivity contribution is 5.76. The van der Waals surface area contributed by atoms with Crippen molar-refractivity contribution in [2.75, 3.05) is 13.2 Å². The molecule has 0 heterocycles. The Bertz CT molecular complexity index is 997. The number of amides is 1. The van der Waals surface area contributed by atoms with Gasteiger partial charge in [-0.05, 0) is 57.8 Å². The molecule has 0 saturated heterocycles. The van der Waals surface area contributed by atoms with Crippen molar-refractivity contribution in [3.8, 4) is 0 Å². The van der Waals surface area contributed by atoms with Gasteiger partial charge in [-0.3, -0.25) is 9.59 Å². The van der Waals surface area contributed by atoms with Gasteiger partial charge in [-0.25, -0.2) is 0 Å². The monoisotopic (exact) mass is 902 g/mol. The molecule has 0 spiro atoms. The second kappa shape index (κ2) is 54.0. The average Bonchev–Trinajstić information content (AvgIpc) is 3.29. The molecule has 0 aromatic carbocycles. The van der Waals surface area contributed by atoms with Gasteiger partial charge in [0.15, 0.2) is 0 Å². The summed E-state index contributed by atoms with van der Waals surface area (Å²) in [6.07, 6.45) is 64.7. The van der Waals surface area contributed by atoms with Gasteiger partial charge in [0.2, 0.25) is 5.91 Å². The predicted octanol–water partition coefficient (Wildman–Crippen LogP) is 17.5. The number of hydrogen-bond acceptors (Lipinski definition) is 5. The SMILES string of the molecule is CCCCCCC/C=C\CCCCCCCC(=O)OCCCCCCCCCCCCCCCC(=O)NC(CO)C(O)/C=C/CCCCCCCCCCCCCCCCCCCC. The van der Waals surface area contributed by atoms with Crippen LogP contribution in [0.1, 0.15) is 309 Å². The number of aliphatic hydroxyl groups excluding tert-OH is 2. The number of carbonyl (C=O) groups excluding carboxylic acids is 2. The molecule has 0 rings (SSSR count). The maximum atomic E-state index is 12.5. The molecular formula is C58H111NO5. The first-order valence-electron chi connectivity index (χ1n) is 28.6. The lowest BCUT2D eigenvalue weighted by molar-refractivity contribution is -0.143. The van der Waals surface area contributed by atoms with Crippen LogP contribution in [0.25, 0.3) is 0 Å². The Labute approximate surface area is 399 Å². The van der Waals surface area contributed by atoms with E-state index in [1.165, 1.54) is 225 Å². The third-order valence-corrected chi connectivity index (χ3v) is 13.2. The predicted molar refractivity (Wildman–Crippen MR) is 278 cm³/mol. The molecule has 0 aromatic heterocycles. The fourth-order valence-electron chi connectivity index (χ4n) is 8.81. The number of unbranched alkanes of at least 4 members (excludes halogenated alkanes) is 40. The first kappa shape index (κ1) is 62.3. The number of nitrogens with one attached hydrogen (secondary N) is 1. The van der Waals surface area contributed by atoms with Gasteiger partial charge < -0.3 is 20.3 Å². The molecule has 0 aliphatic carbocycles. The summed E-state index contributed by atoms with van der Waals surface area (Å²) < 4.78 is 5.46. The van der Waals surface area contributed by atoms with Crippen LogP contribution < -0.4 is 5.32 Å². The molecule has 378 valence electrons. The van der Waals surface area contributed by atoms with E-state index in [2.05, 4.69) is 31.3 Å². The second-order valence-corrected chi connectivity index (χ2v) is 19.6. The van der Waals surface area contributed by atoms with E-state index in [0.29, 0.717) is 19.4 Å². The summed E-state index contributed by atoms with van der Waals surface area (Å²) in [7, 11) is 0. The maximum absolute atomic E-state index is 12.5. The molecule has 2 atom stereocenters. The van der Waals surface area contributed by atoms with E-state index >= 15 is 0 Å². The lowest BCUT2D eigenvalue weighted by Crippen LogP contribution is -2.45. The largest absolute Gasteiger partial charge is 0.466 e. The van der Waals surface area contributed by atoms with Crippen molar-refractivity contribution < 1.29 is 24.5 Å². The Morgan fingerprint density at radius 3 is 1.11 bits per heavy atom. The Morgan fingerprint density at radius 1 is 0.422 bits per heavy atom. The van der Waals surface area contributed by atoms with Crippen molar-refractivity contribution in [1.82, 2.24) is 5.32 Å². The fraction of sp³-hybridized carbons (Fsp3) is 0.897. The lowest BCUT2D eigenvalue weighted by Gasteiger charge is -2.20. The van der Waals surface area contributed by atoms with E-state index in [1.807, 2.05) is 6.08 Å². The summed E-state index contributed by atoms with van der Waals surface area (Å²) in [6.45, 7) is 4.88. The molecule has 0 aliphatic rings. The standard InChI is InChI=1S/C58H111NO5/c1-3-5-7-9-11-13-15-17-19-20-21-22-23-24-26-30-34-38-42-46-50-56(61)55(54-60)59-57(62)51-47-43-39-35-31-27-25-29-33-37-41-45-49-53-64-58(63)52-48-44-40-36-32-28-18-16-14-12-10-8-6-4-2/h16,18,46,50,55-56,60-61H,3-15,17,19-45,47-49,51-54H2,1-2H3,(H,59,62)/b18-16-,50-46+. The smallest absolute Gasteiger partial charge is 0.305 e. The highest BCUT2D eigenvalue weighted by Crippen LogP contribution is 2.17. The van der Waals surface area contributed by atoms with Crippen LogP contribution in [0.4, 0.5) is 0 Å². The second-order valence-electron chi connectivity index (χ2n) is 19.6. The molecule has 0 aliphatic heterocycles. The number of ether oxygens (including phenoxy) is 1. The molecule has 6 heteroatoms. The van der Waals surface area contributed by atoms with Gasteiger partial charge in [0.25, 0.3) is 0 Å². The van der Waals surface area contributed by atoms with Gasteiger partial charge in [0.05, 0.1) is 25.4 Å². The lowest BCUT2D eigenvalue weighted by atomic mass is 10.0. The zero-order chi connectivity index (χ0) is 46.5. The van der Waals surface area contributed by atoms with Crippen LogP contribution in [-0.2, 0) is 14.3 Å². The first-order chi connectivity index (χ1) is 31.5. The van der Waals surface area contributed by atoms with Crippen molar-refractivity contribution in [2.24, 2.45) is 0 Å². The Morgan fingerprint density at radius 2 is 0.734 bits per heavy atom. The molecule has 64 heavy (non-hydrogen) atoms. The average molecular weight is 903 g/mol. The zero-order valence-corrected chi connectivity index (χ0v) is 43.0. The van der Waals surface area contributed by atoms with Crippen LogP contribution in [0.2, 0.25) is 0 Å². The van der Waals surface area contributed by atoms with Gasteiger partial charge in [0.1, 0.15) is 0 Å². The van der Waals surface area contributed by atoms with Crippen molar-refractivity contribution >= 4 is 11.9 Å². The quantitative estimate of drug-likeness (QED) is 0.0321. The van der Waals surface area contributed by atoms with Crippen molar-refractivity contribution in [3.63, 3.8) is 0 Å². The molecule has 0 bridgehead atoms. The van der Waals surface area contributed by atoms with Gasteiger partial charge in [-0.1, -0.05) is 263 Å². The van der Waals surface area contributed by atoms with E-state index in [4.69, 9.17) is 4.74 Å². The summed E-state index contributed by atoms with van der Waals surface area (Å²) >= 11 is 0.